The summed E-state index contributed by atoms with van der Waals surface area (Å²) in [7, 11) is 0. The topological polar surface area (TPSA) is 125 Å². The van der Waals surface area contributed by atoms with Gasteiger partial charge in [-0.25, -0.2) is 4.79 Å². The molecule has 8 nitrogen and oxygen atoms in total. The molecule has 1 fully saturated rings. The molecule has 4 aromatic rings. The number of amides is 2. The lowest BCUT2D eigenvalue weighted by molar-refractivity contribution is 0.0535. The molecule has 2 amide bonds. The first-order chi connectivity index (χ1) is 19.9. The van der Waals surface area contributed by atoms with Gasteiger partial charge in [0, 0.05) is 24.5 Å². The lowest BCUT2D eigenvalue weighted by atomic mass is 9.89. The number of aliphatic hydroxyl groups is 1. The number of aliphatic hydroxyl groups excluding tert-OH is 1. The Labute approximate surface area is 240 Å². The van der Waals surface area contributed by atoms with Crippen LogP contribution in [0.4, 0.5) is 16.2 Å². The van der Waals surface area contributed by atoms with E-state index in [1.54, 1.807) is 21.9 Å². The normalized spacial score (nSPS) is 21.0. The van der Waals surface area contributed by atoms with E-state index in [-0.39, 0.29) is 19.1 Å². The van der Waals surface area contributed by atoms with E-state index in [9.17, 15) is 14.8 Å². The van der Waals surface area contributed by atoms with Gasteiger partial charge in [-0.05, 0) is 59.4 Å². The summed E-state index contributed by atoms with van der Waals surface area (Å²) in [5.41, 5.74) is 16.8. The van der Waals surface area contributed by atoms with Gasteiger partial charge in [-0.1, -0.05) is 90.1 Å². The Kier molecular flexibility index (Phi) is 8.60. The molecule has 1 aliphatic rings. The average molecular weight is 550 g/mol. The molecule has 5 rings (SSSR count). The van der Waals surface area contributed by atoms with Gasteiger partial charge in [0.15, 0.2) is 0 Å². The van der Waals surface area contributed by atoms with Crippen LogP contribution in [0.1, 0.15) is 22.3 Å². The zero-order valence-electron chi connectivity index (χ0n) is 22.8. The van der Waals surface area contributed by atoms with Crippen molar-refractivity contribution in [2.24, 2.45) is 5.18 Å². The lowest BCUT2D eigenvalue weighted by Crippen LogP contribution is -2.50. The highest BCUT2D eigenvalue weighted by atomic mass is 16.3. The highest BCUT2D eigenvalue weighted by Gasteiger charge is 2.47. The van der Waals surface area contributed by atoms with E-state index >= 15 is 0 Å². The third-order valence-electron chi connectivity index (χ3n) is 7.74. The number of hydrogen-bond donors (Lipinski definition) is 3. The maximum Gasteiger partial charge on any atom is 0.321 e. The molecule has 0 bridgehead atoms. The molecule has 4 unspecified atom stereocenters. The van der Waals surface area contributed by atoms with Crippen molar-refractivity contribution in [3.05, 3.63) is 136 Å². The minimum absolute atomic E-state index is 0.200. The monoisotopic (exact) mass is 549 g/mol. The van der Waals surface area contributed by atoms with Gasteiger partial charge < -0.3 is 26.4 Å². The van der Waals surface area contributed by atoms with Crippen LogP contribution in [-0.2, 0) is 25.9 Å². The summed E-state index contributed by atoms with van der Waals surface area (Å²) in [6.45, 7) is 0.404. The summed E-state index contributed by atoms with van der Waals surface area (Å²) in [4.78, 5) is 30.6. The van der Waals surface area contributed by atoms with E-state index in [4.69, 9.17) is 11.5 Å². The molecule has 5 N–H and O–H groups in total. The number of benzene rings is 4. The maximum absolute atomic E-state index is 14.7. The second-order valence-corrected chi connectivity index (χ2v) is 10.6. The van der Waals surface area contributed by atoms with Gasteiger partial charge in [0.1, 0.15) is 12.1 Å². The summed E-state index contributed by atoms with van der Waals surface area (Å²) >= 11 is 0. The van der Waals surface area contributed by atoms with Gasteiger partial charge in [0.05, 0.1) is 12.1 Å². The third-order valence-corrected chi connectivity index (χ3v) is 7.74. The Hall–Kier alpha value is -4.69. The Bertz CT molecular complexity index is 1470. The van der Waals surface area contributed by atoms with Crippen molar-refractivity contribution in [1.82, 2.24) is 9.80 Å². The van der Waals surface area contributed by atoms with Crippen molar-refractivity contribution in [3.63, 3.8) is 0 Å². The standard InChI is InChI=1S/C33H35N5O3/c34-27-15-7-13-25(17-27)21-37-29(19-23-9-3-1-4-10-23)31(36-41)32(39)30(20-24-11-5-2-6-12-24)38(33(37)40)22-26-14-8-16-28(35)18-26/h1-18,29-32,39H,19-22,34-35H2. The molecular weight excluding hydrogens is 514 g/mol. The van der Waals surface area contributed by atoms with E-state index in [2.05, 4.69) is 5.18 Å². The molecule has 0 aromatic heterocycles. The first-order valence-electron chi connectivity index (χ1n) is 13.8. The van der Waals surface area contributed by atoms with Crippen LogP contribution in [0.3, 0.4) is 0 Å². The zero-order valence-corrected chi connectivity index (χ0v) is 22.8. The number of carbonyl (C=O) groups is 1. The van der Waals surface area contributed by atoms with Crippen molar-refractivity contribution in [2.45, 2.75) is 50.2 Å². The second kappa shape index (κ2) is 12.7. The average Bonchev–Trinajstić information content (AvgIpc) is 3.04. The first kappa shape index (κ1) is 27.9. The molecule has 0 aliphatic carbocycles. The molecule has 4 aromatic carbocycles. The van der Waals surface area contributed by atoms with E-state index < -0.39 is 24.2 Å². The van der Waals surface area contributed by atoms with Crippen molar-refractivity contribution in [1.29, 1.82) is 0 Å². The number of urea groups is 1. The number of nitroso groups, excluding NO2 is 1. The molecule has 8 heteroatoms. The lowest BCUT2D eigenvalue weighted by Gasteiger charge is -2.36. The van der Waals surface area contributed by atoms with Crippen molar-refractivity contribution < 1.29 is 9.90 Å². The zero-order chi connectivity index (χ0) is 28.8. The SMILES string of the molecule is Nc1cccc(CN2C(=O)N(Cc3cccc(N)c3)C(Cc3ccccc3)C(N=O)C(O)C2Cc2ccccc2)c1. The van der Waals surface area contributed by atoms with Crippen LogP contribution >= 0.6 is 0 Å². The summed E-state index contributed by atoms with van der Waals surface area (Å²) in [6, 6.07) is 31.3. The highest BCUT2D eigenvalue weighted by Crippen LogP contribution is 2.31. The molecule has 210 valence electrons. The molecule has 1 heterocycles. The minimum Gasteiger partial charge on any atom is -0.399 e. The summed E-state index contributed by atoms with van der Waals surface area (Å²) < 4.78 is 0. The van der Waals surface area contributed by atoms with Gasteiger partial charge >= 0.3 is 6.03 Å². The summed E-state index contributed by atoms with van der Waals surface area (Å²) in [5.74, 6) is 0. The predicted octanol–water partition coefficient (Wildman–Crippen LogP) is 5.01. The Balaban J connectivity index is 1.62. The predicted molar refractivity (Wildman–Crippen MR) is 162 cm³/mol. The molecule has 0 saturated carbocycles. The van der Waals surface area contributed by atoms with Crippen LogP contribution < -0.4 is 11.5 Å². The fraction of sp³-hybridized carbons (Fsp3) is 0.242. The first-order valence-corrected chi connectivity index (χ1v) is 13.8. The number of carbonyl (C=O) groups excluding carboxylic acids is 1. The number of hydrogen-bond acceptors (Lipinski definition) is 6. The van der Waals surface area contributed by atoms with Gasteiger partial charge in [-0.2, -0.15) is 4.91 Å². The summed E-state index contributed by atoms with van der Waals surface area (Å²) in [5, 5.41) is 15.4. The fourth-order valence-electron chi connectivity index (χ4n) is 5.72. The highest BCUT2D eigenvalue weighted by molar-refractivity contribution is 5.76. The van der Waals surface area contributed by atoms with Crippen LogP contribution in [0, 0.1) is 4.91 Å². The fourth-order valence-corrected chi connectivity index (χ4v) is 5.72. The van der Waals surface area contributed by atoms with Crippen LogP contribution in [0.25, 0.3) is 0 Å². The van der Waals surface area contributed by atoms with Gasteiger partial charge in [-0.3, -0.25) is 0 Å². The van der Waals surface area contributed by atoms with Crippen LogP contribution in [-0.4, -0.2) is 45.2 Å². The molecule has 1 saturated heterocycles. The molecular formula is C33H35N5O3. The number of rotatable bonds is 9. The van der Waals surface area contributed by atoms with E-state index in [1.807, 2.05) is 97.1 Å². The Morgan fingerprint density at radius 2 is 1.07 bits per heavy atom. The largest absolute Gasteiger partial charge is 0.399 e. The van der Waals surface area contributed by atoms with E-state index in [0.29, 0.717) is 24.2 Å². The van der Waals surface area contributed by atoms with E-state index in [1.165, 1.54) is 0 Å². The smallest absolute Gasteiger partial charge is 0.321 e. The Morgan fingerprint density at radius 3 is 1.54 bits per heavy atom. The quantitative estimate of drug-likeness (QED) is 0.200. The summed E-state index contributed by atoms with van der Waals surface area (Å²) in [6.07, 6.45) is -0.504. The molecule has 41 heavy (non-hydrogen) atoms. The second-order valence-electron chi connectivity index (χ2n) is 10.6. The van der Waals surface area contributed by atoms with E-state index in [0.717, 1.165) is 22.3 Å². The molecule has 0 spiro atoms. The number of nitrogens with zero attached hydrogens (tertiary/aromatic N) is 3. The molecule has 1 aliphatic heterocycles. The van der Waals surface area contributed by atoms with Gasteiger partial charge in [-0.15, -0.1) is 0 Å². The van der Waals surface area contributed by atoms with Crippen LogP contribution in [0.5, 0.6) is 0 Å². The van der Waals surface area contributed by atoms with Crippen LogP contribution in [0.15, 0.2) is 114 Å². The van der Waals surface area contributed by atoms with Gasteiger partial charge in [0.25, 0.3) is 0 Å². The molecule has 4 atom stereocenters. The Morgan fingerprint density at radius 1 is 0.634 bits per heavy atom. The third kappa shape index (κ3) is 6.56. The van der Waals surface area contributed by atoms with Crippen LogP contribution in [0.2, 0.25) is 0 Å². The van der Waals surface area contributed by atoms with Gasteiger partial charge in [0.2, 0.25) is 0 Å². The molecule has 0 radical (unpaired) electrons. The van der Waals surface area contributed by atoms with Crippen molar-refractivity contribution >= 4 is 17.4 Å². The number of anilines is 2. The van der Waals surface area contributed by atoms with Crippen molar-refractivity contribution in [2.75, 3.05) is 11.5 Å². The minimum atomic E-state index is -1.21. The van der Waals surface area contributed by atoms with Crippen molar-refractivity contribution in [3.8, 4) is 0 Å². The number of nitrogen functional groups attached to an aromatic ring is 2. The maximum atomic E-state index is 14.7. The number of nitrogens with two attached hydrogens (primary N) is 2.